The zero-order valence-electron chi connectivity index (χ0n) is 18.6. The van der Waals surface area contributed by atoms with Gasteiger partial charge in [0.05, 0.1) is 18.7 Å². The van der Waals surface area contributed by atoms with Gasteiger partial charge in [0.15, 0.2) is 11.4 Å². The summed E-state index contributed by atoms with van der Waals surface area (Å²) in [5.41, 5.74) is 1.17. The second-order valence-electron chi connectivity index (χ2n) is 8.51. The maximum Gasteiger partial charge on any atom is 0.264 e. The highest BCUT2D eigenvalue weighted by molar-refractivity contribution is 6.31. The summed E-state index contributed by atoms with van der Waals surface area (Å²) in [6.07, 6.45) is -0.435. The van der Waals surface area contributed by atoms with Gasteiger partial charge in [-0.1, -0.05) is 90.5 Å². The van der Waals surface area contributed by atoms with Crippen LogP contribution in [0.1, 0.15) is 27.9 Å². The molecule has 4 nitrogen and oxygen atoms in total. The van der Waals surface area contributed by atoms with Gasteiger partial charge in [0.1, 0.15) is 5.82 Å². The van der Waals surface area contributed by atoms with Gasteiger partial charge in [0.2, 0.25) is 0 Å². The maximum absolute atomic E-state index is 14.4. The van der Waals surface area contributed by atoms with Gasteiger partial charge in [0.25, 0.3) is 5.91 Å². The second kappa shape index (κ2) is 9.10. The Morgan fingerprint density at radius 3 is 2.23 bits per heavy atom. The Labute approximate surface area is 207 Å². The molecule has 0 aromatic heterocycles. The SMILES string of the molecule is O=C(CC1(O)C(=O)N(Cc2c(F)cccc2Cl)c2ccccc21)c1ccc(-c2ccccc2)cc1. The van der Waals surface area contributed by atoms with Gasteiger partial charge >= 0.3 is 0 Å². The fourth-order valence-electron chi connectivity index (χ4n) is 4.49. The summed E-state index contributed by atoms with van der Waals surface area (Å²) in [7, 11) is 0. The smallest absolute Gasteiger partial charge is 0.264 e. The van der Waals surface area contributed by atoms with E-state index in [1.54, 1.807) is 42.5 Å². The van der Waals surface area contributed by atoms with Crippen LogP contribution < -0.4 is 4.90 Å². The number of aliphatic hydroxyl groups is 1. The molecule has 0 fully saturated rings. The molecular formula is C29H21ClFNO3. The van der Waals surface area contributed by atoms with E-state index < -0.39 is 23.7 Å². The molecule has 0 radical (unpaired) electrons. The first-order chi connectivity index (χ1) is 16.9. The van der Waals surface area contributed by atoms with Crippen LogP contribution in [0.3, 0.4) is 0 Å². The number of carbonyl (C=O) groups excluding carboxylic acids is 2. The number of fused-ring (bicyclic) bond motifs is 1. The molecule has 1 aliphatic rings. The predicted molar refractivity (Wildman–Crippen MR) is 134 cm³/mol. The molecule has 4 aromatic rings. The first kappa shape index (κ1) is 23.0. The van der Waals surface area contributed by atoms with E-state index >= 15 is 0 Å². The molecule has 0 saturated carbocycles. The third-order valence-electron chi connectivity index (χ3n) is 6.35. The summed E-state index contributed by atoms with van der Waals surface area (Å²) in [5, 5.41) is 11.7. The summed E-state index contributed by atoms with van der Waals surface area (Å²) in [6.45, 7) is -0.163. The molecule has 1 unspecified atom stereocenters. The molecule has 5 rings (SSSR count). The molecule has 0 bridgehead atoms. The van der Waals surface area contributed by atoms with Crippen LogP contribution in [0.4, 0.5) is 10.1 Å². The molecule has 0 saturated heterocycles. The molecular weight excluding hydrogens is 465 g/mol. The molecule has 1 amide bonds. The molecule has 1 N–H and O–H groups in total. The highest BCUT2D eigenvalue weighted by Crippen LogP contribution is 2.44. The topological polar surface area (TPSA) is 57.6 Å². The van der Waals surface area contributed by atoms with Crippen molar-refractivity contribution in [3.63, 3.8) is 0 Å². The van der Waals surface area contributed by atoms with Crippen molar-refractivity contribution in [1.29, 1.82) is 0 Å². The zero-order chi connectivity index (χ0) is 24.6. The van der Waals surface area contributed by atoms with Crippen LogP contribution in [0.5, 0.6) is 0 Å². The monoisotopic (exact) mass is 485 g/mol. The van der Waals surface area contributed by atoms with Crippen molar-refractivity contribution in [2.45, 2.75) is 18.6 Å². The summed E-state index contributed by atoms with van der Waals surface area (Å²) >= 11 is 6.18. The van der Waals surface area contributed by atoms with Gasteiger partial charge in [-0.25, -0.2) is 4.39 Å². The number of benzene rings is 4. The molecule has 0 spiro atoms. The standard InChI is InChI=1S/C29H21ClFNO3/c30-24-10-6-11-25(31)22(24)18-32-26-12-5-4-9-23(26)29(35,28(32)34)17-27(33)21-15-13-20(14-16-21)19-7-2-1-3-8-19/h1-16,35H,17-18H2. The largest absolute Gasteiger partial charge is 0.375 e. The van der Waals surface area contributed by atoms with Crippen molar-refractivity contribution < 1.29 is 19.1 Å². The minimum absolute atomic E-state index is 0.143. The first-order valence-corrected chi connectivity index (χ1v) is 11.5. The van der Waals surface area contributed by atoms with E-state index in [9.17, 15) is 19.1 Å². The van der Waals surface area contributed by atoms with Gasteiger partial charge in [0, 0.05) is 21.7 Å². The number of Topliss-reactive ketones (excluding diaryl/α,β-unsaturated/α-hetero) is 1. The van der Waals surface area contributed by atoms with Crippen LogP contribution in [-0.4, -0.2) is 16.8 Å². The third kappa shape index (κ3) is 4.14. The van der Waals surface area contributed by atoms with Crippen LogP contribution in [0.25, 0.3) is 11.1 Å². The van der Waals surface area contributed by atoms with E-state index in [1.165, 1.54) is 17.0 Å². The van der Waals surface area contributed by atoms with E-state index in [0.29, 0.717) is 16.8 Å². The average Bonchev–Trinajstić information content (AvgIpc) is 3.08. The molecule has 6 heteroatoms. The van der Waals surface area contributed by atoms with Gasteiger partial charge in [-0.2, -0.15) is 0 Å². The number of carbonyl (C=O) groups is 2. The number of halogens is 2. The van der Waals surface area contributed by atoms with Crippen LogP contribution in [0, 0.1) is 5.82 Å². The molecule has 1 heterocycles. The lowest BCUT2D eigenvalue weighted by Gasteiger charge is -2.23. The van der Waals surface area contributed by atoms with Crippen molar-refractivity contribution in [3.8, 4) is 11.1 Å². The molecule has 35 heavy (non-hydrogen) atoms. The number of ketones is 1. The van der Waals surface area contributed by atoms with Crippen molar-refractivity contribution in [1.82, 2.24) is 0 Å². The Balaban J connectivity index is 1.43. The van der Waals surface area contributed by atoms with Crippen molar-refractivity contribution in [2.24, 2.45) is 0 Å². The van der Waals surface area contributed by atoms with Gasteiger partial charge in [-0.15, -0.1) is 0 Å². The maximum atomic E-state index is 14.4. The zero-order valence-corrected chi connectivity index (χ0v) is 19.4. The van der Waals surface area contributed by atoms with Gasteiger partial charge in [-0.05, 0) is 29.3 Å². The highest BCUT2D eigenvalue weighted by atomic mass is 35.5. The summed E-state index contributed by atoms with van der Waals surface area (Å²) < 4.78 is 14.4. The molecule has 1 atom stereocenters. The van der Waals surface area contributed by atoms with Crippen LogP contribution in [0.15, 0.2) is 97.1 Å². The Morgan fingerprint density at radius 2 is 1.51 bits per heavy atom. The average molecular weight is 486 g/mol. The number of hydrogen-bond donors (Lipinski definition) is 1. The summed E-state index contributed by atoms with van der Waals surface area (Å²) in [4.78, 5) is 27.9. The fourth-order valence-corrected chi connectivity index (χ4v) is 4.71. The van der Waals surface area contributed by atoms with Crippen molar-refractivity contribution >= 4 is 29.0 Å². The van der Waals surface area contributed by atoms with Crippen molar-refractivity contribution in [3.05, 3.63) is 125 Å². The summed E-state index contributed by atoms with van der Waals surface area (Å²) in [5.74, 6) is -1.61. The van der Waals surface area contributed by atoms with E-state index in [0.717, 1.165) is 11.1 Å². The van der Waals surface area contributed by atoms with E-state index in [1.807, 2.05) is 42.5 Å². The number of para-hydroxylation sites is 1. The number of anilines is 1. The first-order valence-electron chi connectivity index (χ1n) is 11.1. The Kier molecular flexibility index (Phi) is 5.97. The van der Waals surface area contributed by atoms with Crippen LogP contribution >= 0.6 is 11.6 Å². The minimum Gasteiger partial charge on any atom is -0.375 e. The van der Waals surface area contributed by atoms with Crippen LogP contribution in [-0.2, 0) is 16.9 Å². The number of amides is 1. The molecule has 1 aliphatic heterocycles. The third-order valence-corrected chi connectivity index (χ3v) is 6.70. The van der Waals surface area contributed by atoms with E-state index in [-0.39, 0.29) is 22.9 Å². The number of hydrogen-bond acceptors (Lipinski definition) is 3. The Morgan fingerprint density at radius 1 is 0.857 bits per heavy atom. The molecule has 174 valence electrons. The fraction of sp³-hybridized carbons (Fsp3) is 0.103. The number of rotatable bonds is 6. The highest BCUT2D eigenvalue weighted by Gasteiger charge is 2.51. The quantitative estimate of drug-likeness (QED) is 0.333. The predicted octanol–water partition coefficient (Wildman–Crippen LogP) is 6.15. The van der Waals surface area contributed by atoms with E-state index in [4.69, 9.17) is 11.6 Å². The minimum atomic E-state index is -2.07. The van der Waals surface area contributed by atoms with Gasteiger partial charge < -0.3 is 10.0 Å². The van der Waals surface area contributed by atoms with Gasteiger partial charge in [-0.3, -0.25) is 9.59 Å². The Hall–Kier alpha value is -3.80. The van der Waals surface area contributed by atoms with E-state index in [2.05, 4.69) is 0 Å². The molecule has 4 aromatic carbocycles. The second-order valence-corrected chi connectivity index (χ2v) is 8.92. The lowest BCUT2D eigenvalue weighted by atomic mass is 9.88. The Bertz CT molecular complexity index is 1400. The summed E-state index contributed by atoms with van der Waals surface area (Å²) in [6, 6.07) is 27.8. The normalized spacial score (nSPS) is 16.9. The van der Waals surface area contributed by atoms with Crippen LogP contribution in [0.2, 0.25) is 5.02 Å². The molecule has 0 aliphatic carbocycles. The van der Waals surface area contributed by atoms with Crippen molar-refractivity contribution in [2.75, 3.05) is 4.90 Å². The lowest BCUT2D eigenvalue weighted by molar-refractivity contribution is -0.136. The lowest BCUT2D eigenvalue weighted by Crippen LogP contribution is -2.41. The number of nitrogens with zero attached hydrogens (tertiary/aromatic N) is 1.